The van der Waals surface area contributed by atoms with Gasteiger partial charge in [-0.3, -0.25) is 4.98 Å². The van der Waals surface area contributed by atoms with Gasteiger partial charge in [-0.25, -0.2) is 4.39 Å². The number of pyridine rings is 1. The summed E-state index contributed by atoms with van der Waals surface area (Å²) in [6.07, 6.45) is 1.71. The van der Waals surface area contributed by atoms with E-state index in [9.17, 15) is 4.39 Å². The zero-order valence-electron chi connectivity index (χ0n) is 10.3. The molecule has 1 aromatic carbocycles. The lowest BCUT2D eigenvalue weighted by atomic mass is 10.0. The van der Waals surface area contributed by atoms with Crippen LogP contribution in [0.5, 0.6) is 0 Å². The molecule has 0 fully saturated rings. The summed E-state index contributed by atoms with van der Waals surface area (Å²) < 4.78 is 15.6. The highest BCUT2D eigenvalue weighted by Gasteiger charge is 2.21. The summed E-state index contributed by atoms with van der Waals surface area (Å²) in [4.78, 5) is 4.35. The van der Waals surface area contributed by atoms with Crippen LogP contribution in [0.25, 0.3) is 0 Å². The van der Waals surface area contributed by atoms with Crippen LogP contribution in [0.1, 0.15) is 24.2 Å². The summed E-state index contributed by atoms with van der Waals surface area (Å²) in [5, 5.41) is 3.27. The molecule has 0 aliphatic carbocycles. The predicted molar refractivity (Wildman–Crippen MR) is 81.6 cm³/mol. The van der Waals surface area contributed by atoms with Crippen molar-refractivity contribution in [2.45, 2.75) is 13.0 Å². The molecule has 1 atom stereocenters. The summed E-state index contributed by atoms with van der Waals surface area (Å²) in [6, 6.07) is 8.75. The van der Waals surface area contributed by atoms with E-state index in [0.717, 1.165) is 16.7 Å². The smallest absolute Gasteiger partial charge is 0.142 e. The molecular formula is C14H13Br2FN2. The van der Waals surface area contributed by atoms with Crippen LogP contribution < -0.4 is 5.32 Å². The molecule has 2 rings (SSSR count). The first kappa shape index (κ1) is 14.6. The first-order valence-electron chi connectivity index (χ1n) is 5.92. The zero-order valence-corrected chi connectivity index (χ0v) is 13.5. The molecule has 0 bridgehead atoms. The number of hydrogen-bond acceptors (Lipinski definition) is 2. The van der Waals surface area contributed by atoms with E-state index in [-0.39, 0.29) is 11.9 Å². The molecule has 1 heterocycles. The van der Waals surface area contributed by atoms with Gasteiger partial charge >= 0.3 is 0 Å². The van der Waals surface area contributed by atoms with Crippen LogP contribution in [0.15, 0.2) is 45.5 Å². The molecule has 0 saturated carbocycles. The summed E-state index contributed by atoms with van der Waals surface area (Å²) in [7, 11) is 0. The Morgan fingerprint density at radius 2 is 1.95 bits per heavy atom. The molecule has 0 amide bonds. The summed E-state index contributed by atoms with van der Waals surface area (Å²) in [5.41, 5.74) is 1.36. The second kappa shape index (κ2) is 6.59. The Morgan fingerprint density at radius 3 is 2.63 bits per heavy atom. The van der Waals surface area contributed by atoms with E-state index in [1.807, 2.05) is 25.1 Å². The largest absolute Gasteiger partial charge is 0.305 e. The number of aromatic nitrogens is 1. The van der Waals surface area contributed by atoms with Crippen molar-refractivity contribution < 1.29 is 4.39 Å². The number of nitrogens with one attached hydrogen (secondary N) is 1. The highest BCUT2D eigenvalue weighted by Crippen LogP contribution is 2.30. The lowest BCUT2D eigenvalue weighted by molar-refractivity contribution is 0.547. The summed E-state index contributed by atoms with van der Waals surface area (Å²) in [5.74, 6) is -0.258. The number of nitrogens with zero attached hydrogens (tertiary/aromatic N) is 1. The van der Waals surface area contributed by atoms with E-state index in [1.165, 1.54) is 0 Å². The minimum atomic E-state index is -0.280. The van der Waals surface area contributed by atoms with Gasteiger partial charge in [0.05, 0.1) is 16.2 Å². The maximum atomic E-state index is 14.3. The van der Waals surface area contributed by atoms with Crippen LogP contribution in [0, 0.1) is 5.82 Å². The van der Waals surface area contributed by atoms with Crippen LogP contribution in [-0.2, 0) is 0 Å². The Kier molecular flexibility index (Phi) is 5.07. The topological polar surface area (TPSA) is 24.9 Å². The molecule has 0 radical (unpaired) electrons. The van der Waals surface area contributed by atoms with Crippen molar-refractivity contribution in [2.24, 2.45) is 0 Å². The average molecular weight is 388 g/mol. The van der Waals surface area contributed by atoms with Gasteiger partial charge in [0.2, 0.25) is 0 Å². The molecule has 100 valence electrons. The van der Waals surface area contributed by atoms with Crippen LogP contribution in [0.4, 0.5) is 4.39 Å². The van der Waals surface area contributed by atoms with Gasteiger partial charge in [0, 0.05) is 16.2 Å². The molecule has 2 aromatic rings. The standard InChI is InChI=1S/C14H13Br2FN2/c1-2-18-13(14-11(16)7-4-8-19-14)9-5-3-6-10(15)12(9)17/h3-8,13,18H,2H2,1H3. The second-order valence-electron chi connectivity index (χ2n) is 4.00. The minimum Gasteiger partial charge on any atom is -0.305 e. The highest BCUT2D eigenvalue weighted by atomic mass is 79.9. The van der Waals surface area contributed by atoms with Crippen molar-refractivity contribution in [2.75, 3.05) is 6.54 Å². The van der Waals surface area contributed by atoms with Gasteiger partial charge in [-0.2, -0.15) is 0 Å². The Bertz CT molecular complexity index is 575. The Balaban J connectivity index is 2.52. The van der Waals surface area contributed by atoms with E-state index in [1.54, 1.807) is 18.3 Å². The molecule has 0 aliphatic rings. The van der Waals surface area contributed by atoms with Gasteiger partial charge in [0.25, 0.3) is 0 Å². The summed E-state index contributed by atoms with van der Waals surface area (Å²) in [6.45, 7) is 2.71. The maximum absolute atomic E-state index is 14.3. The maximum Gasteiger partial charge on any atom is 0.142 e. The Morgan fingerprint density at radius 1 is 1.21 bits per heavy atom. The zero-order chi connectivity index (χ0) is 13.8. The third-order valence-corrected chi connectivity index (χ3v) is 4.04. The van der Waals surface area contributed by atoms with Gasteiger partial charge in [0.1, 0.15) is 5.82 Å². The molecule has 0 aliphatic heterocycles. The molecular weight excluding hydrogens is 375 g/mol. The molecule has 1 N–H and O–H groups in total. The molecule has 19 heavy (non-hydrogen) atoms. The normalized spacial score (nSPS) is 12.4. The first-order chi connectivity index (χ1) is 9.15. The first-order valence-corrected chi connectivity index (χ1v) is 7.51. The lowest BCUT2D eigenvalue weighted by Gasteiger charge is -2.20. The second-order valence-corrected chi connectivity index (χ2v) is 5.71. The SMILES string of the molecule is CCNC(c1cccc(Br)c1F)c1ncccc1Br. The van der Waals surface area contributed by atoms with Gasteiger partial charge in [-0.1, -0.05) is 19.1 Å². The van der Waals surface area contributed by atoms with E-state index in [0.29, 0.717) is 10.0 Å². The van der Waals surface area contributed by atoms with E-state index in [2.05, 4.69) is 42.2 Å². The fourth-order valence-electron chi connectivity index (χ4n) is 1.91. The van der Waals surface area contributed by atoms with Crippen molar-refractivity contribution in [1.82, 2.24) is 10.3 Å². The highest BCUT2D eigenvalue weighted by molar-refractivity contribution is 9.10. The number of halogens is 3. The molecule has 1 aromatic heterocycles. The van der Waals surface area contributed by atoms with Crippen molar-refractivity contribution in [1.29, 1.82) is 0 Å². The minimum absolute atomic E-state index is 0.258. The number of rotatable bonds is 4. The predicted octanol–water partition coefficient (Wildman–Crippen LogP) is 4.44. The third-order valence-electron chi connectivity index (χ3n) is 2.76. The van der Waals surface area contributed by atoms with Crippen molar-refractivity contribution in [3.8, 4) is 0 Å². The molecule has 2 nitrogen and oxygen atoms in total. The number of hydrogen-bond donors (Lipinski definition) is 1. The number of benzene rings is 1. The fourth-order valence-corrected chi connectivity index (χ4v) is 2.78. The fraction of sp³-hybridized carbons (Fsp3) is 0.214. The molecule has 1 unspecified atom stereocenters. The van der Waals surface area contributed by atoms with Gasteiger partial charge in [-0.15, -0.1) is 0 Å². The summed E-state index contributed by atoms with van der Waals surface area (Å²) >= 11 is 6.69. The monoisotopic (exact) mass is 386 g/mol. The van der Waals surface area contributed by atoms with Crippen molar-refractivity contribution >= 4 is 31.9 Å². The molecule has 5 heteroatoms. The average Bonchev–Trinajstić information content (AvgIpc) is 2.41. The van der Waals surface area contributed by atoms with Crippen LogP contribution in [-0.4, -0.2) is 11.5 Å². The van der Waals surface area contributed by atoms with Crippen molar-refractivity contribution in [3.63, 3.8) is 0 Å². The van der Waals surface area contributed by atoms with E-state index < -0.39 is 0 Å². The van der Waals surface area contributed by atoms with E-state index >= 15 is 0 Å². The quantitative estimate of drug-likeness (QED) is 0.838. The lowest BCUT2D eigenvalue weighted by Crippen LogP contribution is -2.24. The third kappa shape index (κ3) is 3.22. The Hall–Kier alpha value is -0.780. The molecule has 0 saturated heterocycles. The van der Waals surface area contributed by atoms with Gasteiger partial charge in [-0.05, 0) is 56.6 Å². The van der Waals surface area contributed by atoms with Gasteiger partial charge < -0.3 is 5.32 Å². The van der Waals surface area contributed by atoms with Crippen LogP contribution in [0.2, 0.25) is 0 Å². The van der Waals surface area contributed by atoms with E-state index in [4.69, 9.17) is 0 Å². The van der Waals surface area contributed by atoms with Crippen molar-refractivity contribution in [3.05, 3.63) is 62.5 Å². The van der Waals surface area contributed by atoms with Crippen LogP contribution >= 0.6 is 31.9 Å². The van der Waals surface area contributed by atoms with Gasteiger partial charge in [0.15, 0.2) is 0 Å². The van der Waals surface area contributed by atoms with Crippen LogP contribution in [0.3, 0.4) is 0 Å². The Labute approximate surface area is 128 Å². The molecule has 0 spiro atoms.